The molecule has 5 aromatic carbocycles. The number of rotatable bonds is 13. The molecule has 52 heavy (non-hydrogen) atoms. The van der Waals surface area contributed by atoms with Crippen LogP contribution in [0.25, 0.3) is 0 Å². The second-order valence-electron chi connectivity index (χ2n) is 11.5. The predicted octanol–water partition coefficient (Wildman–Crippen LogP) is 7.01. The maximum absolute atomic E-state index is 13.7. The summed E-state index contributed by atoms with van der Waals surface area (Å²) < 4.78 is 36.4. The Hall–Kier alpha value is -5.75. The smallest absolute Gasteiger partial charge is 0.338 e. The van der Waals surface area contributed by atoms with Gasteiger partial charge >= 0.3 is 23.9 Å². The minimum Gasteiger partial charge on any atom is -0.459 e. The first-order valence-corrected chi connectivity index (χ1v) is 17.4. The van der Waals surface area contributed by atoms with Crippen molar-refractivity contribution in [3.8, 4) is 0 Å². The average molecular weight is 719 g/mol. The first kappa shape index (κ1) is 36.1. The molecule has 1 saturated heterocycles. The van der Waals surface area contributed by atoms with E-state index in [1.165, 1.54) is 11.8 Å². The van der Waals surface area contributed by atoms with Gasteiger partial charge in [0.05, 0.1) is 22.3 Å². The van der Waals surface area contributed by atoms with Crippen molar-refractivity contribution in [3.05, 3.63) is 174 Å². The van der Waals surface area contributed by atoms with E-state index in [4.69, 9.17) is 28.4 Å². The zero-order valence-electron chi connectivity index (χ0n) is 27.7. The fourth-order valence-electron chi connectivity index (χ4n) is 5.35. The minimum atomic E-state index is -1.49. The third-order valence-electron chi connectivity index (χ3n) is 7.94. The van der Waals surface area contributed by atoms with Crippen molar-refractivity contribution in [2.45, 2.75) is 35.6 Å². The van der Waals surface area contributed by atoms with Gasteiger partial charge in [0.25, 0.3) is 0 Å². The monoisotopic (exact) mass is 718 g/mol. The van der Waals surface area contributed by atoms with Crippen molar-refractivity contribution in [1.82, 2.24) is 0 Å². The summed E-state index contributed by atoms with van der Waals surface area (Å²) >= 11 is 1.35. The van der Waals surface area contributed by atoms with Gasteiger partial charge < -0.3 is 28.4 Å². The molecule has 5 aromatic rings. The number of esters is 4. The fourth-order valence-corrected chi connectivity index (χ4v) is 6.04. The van der Waals surface area contributed by atoms with Crippen molar-refractivity contribution in [2.24, 2.45) is 0 Å². The number of benzene rings is 5. The molecule has 0 spiro atoms. The number of hydrogen-bond donors (Lipinski definition) is 0. The van der Waals surface area contributed by atoms with Crippen LogP contribution < -0.4 is 0 Å². The van der Waals surface area contributed by atoms with Gasteiger partial charge in [0.2, 0.25) is 0 Å². The maximum Gasteiger partial charge on any atom is 0.338 e. The van der Waals surface area contributed by atoms with Gasteiger partial charge in [0, 0.05) is 4.90 Å². The van der Waals surface area contributed by atoms with E-state index in [1.54, 1.807) is 121 Å². The molecule has 1 aliphatic rings. The summed E-state index contributed by atoms with van der Waals surface area (Å²) in [4.78, 5) is 54.9. The van der Waals surface area contributed by atoms with E-state index in [-0.39, 0.29) is 28.2 Å². The van der Waals surface area contributed by atoms with E-state index < -0.39 is 61.2 Å². The maximum atomic E-state index is 13.7. The quantitative estimate of drug-likeness (QED) is 0.0541. The van der Waals surface area contributed by atoms with E-state index in [2.05, 4.69) is 0 Å². The molecule has 5 atom stereocenters. The SMILES string of the molecule is O=C(OC[C@H]1O[C@H](OCSc2ccccc2)[C@@H](OC(=O)c2ccccc2)[C@@H](OC(=O)c2ccccc2)[C@@H]1OC(=O)c1ccccc1)c1ccccc1. The third kappa shape index (κ3) is 9.52. The molecule has 264 valence electrons. The molecular formula is C41H34O10S. The number of carbonyl (C=O) groups excluding carboxylic acids is 4. The Morgan fingerprint density at radius 3 is 1.33 bits per heavy atom. The topological polar surface area (TPSA) is 124 Å². The molecule has 0 aliphatic carbocycles. The summed E-state index contributed by atoms with van der Waals surface area (Å²) in [5.74, 6) is -2.96. The van der Waals surface area contributed by atoms with Crippen LogP contribution in [0.4, 0.5) is 0 Å². The molecule has 0 N–H and O–H groups in total. The van der Waals surface area contributed by atoms with E-state index >= 15 is 0 Å². The fraction of sp³-hybridized carbons (Fsp3) is 0.171. The van der Waals surface area contributed by atoms with Crippen LogP contribution in [0.2, 0.25) is 0 Å². The Balaban J connectivity index is 1.37. The molecule has 0 unspecified atom stereocenters. The minimum absolute atomic E-state index is 0.0262. The highest BCUT2D eigenvalue weighted by Crippen LogP contribution is 2.33. The van der Waals surface area contributed by atoms with Crippen LogP contribution in [0.1, 0.15) is 41.4 Å². The molecule has 0 bridgehead atoms. The lowest BCUT2D eigenvalue weighted by molar-refractivity contribution is -0.293. The molecule has 0 saturated carbocycles. The summed E-state index contributed by atoms with van der Waals surface area (Å²) in [6, 6.07) is 42.4. The standard InChI is InChI=1S/C41H34O10S/c42-37(28-16-6-1-7-17-28)46-26-33-34(49-38(43)29-18-8-2-9-19-29)35(50-39(44)30-20-10-3-11-21-30)36(51-40(45)31-22-12-4-13-23-31)41(48-33)47-27-52-32-24-14-5-15-25-32/h1-25,33-36,41H,26-27H2/t33-,34-,35+,36+,41+/m1/s1. The van der Waals surface area contributed by atoms with Crippen molar-refractivity contribution in [1.29, 1.82) is 0 Å². The lowest BCUT2D eigenvalue weighted by Crippen LogP contribution is -2.63. The van der Waals surface area contributed by atoms with Crippen LogP contribution in [-0.4, -0.2) is 67.1 Å². The summed E-state index contributed by atoms with van der Waals surface area (Å²) in [6.07, 6.45) is -7.00. The highest BCUT2D eigenvalue weighted by Gasteiger charge is 2.53. The second-order valence-corrected chi connectivity index (χ2v) is 12.5. The molecule has 0 radical (unpaired) electrons. The van der Waals surface area contributed by atoms with Crippen LogP contribution in [0.15, 0.2) is 157 Å². The van der Waals surface area contributed by atoms with Crippen molar-refractivity contribution in [2.75, 3.05) is 12.5 Å². The second kappa shape index (κ2) is 18.0. The van der Waals surface area contributed by atoms with Crippen molar-refractivity contribution >= 4 is 35.6 Å². The van der Waals surface area contributed by atoms with Crippen molar-refractivity contribution in [3.63, 3.8) is 0 Å². The Bertz CT molecular complexity index is 1910. The molecule has 11 heteroatoms. The van der Waals surface area contributed by atoms with Gasteiger partial charge in [0.1, 0.15) is 18.6 Å². The Morgan fingerprint density at radius 2 is 0.865 bits per heavy atom. The zero-order chi connectivity index (χ0) is 36.1. The molecule has 10 nitrogen and oxygen atoms in total. The number of ether oxygens (including phenoxy) is 6. The van der Waals surface area contributed by atoms with Crippen molar-refractivity contribution < 1.29 is 47.6 Å². The lowest BCUT2D eigenvalue weighted by Gasteiger charge is -2.44. The third-order valence-corrected chi connectivity index (χ3v) is 8.80. The zero-order valence-corrected chi connectivity index (χ0v) is 28.5. The highest BCUT2D eigenvalue weighted by atomic mass is 32.2. The largest absolute Gasteiger partial charge is 0.459 e. The molecule has 0 aromatic heterocycles. The average Bonchev–Trinajstić information content (AvgIpc) is 3.20. The van der Waals surface area contributed by atoms with Crippen LogP contribution >= 0.6 is 11.8 Å². The Labute approximate surface area is 304 Å². The summed E-state index contributed by atoms with van der Waals surface area (Å²) in [6.45, 7) is -0.440. The highest BCUT2D eigenvalue weighted by molar-refractivity contribution is 7.99. The van der Waals surface area contributed by atoms with Crippen LogP contribution in [0, 0.1) is 0 Å². The van der Waals surface area contributed by atoms with Gasteiger partial charge in [-0.25, -0.2) is 19.2 Å². The number of thioether (sulfide) groups is 1. The lowest BCUT2D eigenvalue weighted by atomic mass is 9.97. The Morgan fingerprint density at radius 1 is 0.481 bits per heavy atom. The van der Waals surface area contributed by atoms with E-state index in [9.17, 15) is 19.2 Å². The van der Waals surface area contributed by atoms with E-state index in [0.717, 1.165) is 4.90 Å². The van der Waals surface area contributed by atoms with Gasteiger partial charge in [-0.3, -0.25) is 0 Å². The summed E-state index contributed by atoms with van der Waals surface area (Å²) in [5, 5.41) is 0. The van der Waals surface area contributed by atoms with E-state index in [1.807, 2.05) is 30.3 Å². The molecule has 6 rings (SSSR count). The molecular weight excluding hydrogens is 685 g/mol. The molecule has 1 heterocycles. The molecule has 1 aliphatic heterocycles. The number of hydrogen-bond acceptors (Lipinski definition) is 11. The van der Waals surface area contributed by atoms with Crippen LogP contribution in [0.5, 0.6) is 0 Å². The first-order valence-electron chi connectivity index (χ1n) is 16.4. The Kier molecular flexibility index (Phi) is 12.4. The molecule has 1 fully saturated rings. The predicted molar refractivity (Wildman–Crippen MR) is 191 cm³/mol. The van der Waals surface area contributed by atoms with Gasteiger partial charge in [-0.05, 0) is 60.7 Å². The molecule has 0 amide bonds. The van der Waals surface area contributed by atoms with Crippen LogP contribution in [-0.2, 0) is 28.4 Å². The van der Waals surface area contributed by atoms with Gasteiger partial charge in [-0.15, -0.1) is 0 Å². The summed E-state index contributed by atoms with van der Waals surface area (Å²) in [5.41, 5.74) is 0.889. The van der Waals surface area contributed by atoms with Gasteiger partial charge in [0.15, 0.2) is 24.6 Å². The van der Waals surface area contributed by atoms with Crippen LogP contribution in [0.3, 0.4) is 0 Å². The van der Waals surface area contributed by atoms with E-state index in [0.29, 0.717) is 0 Å². The first-order chi connectivity index (χ1) is 25.5. The van der Waals surface area contributed by atoms with Gasteiger partial charge in [-0.1, -0.05) is 103 Å². The summed E-state index contributed by atoms with van der Waals surface area (Å²) in [7, 11) is 0. The van der Waals surface area contributed by atoms with Gasteiger partial charge in [-0.2, -0.15) is 0 Å². The number of carbonyl (C=O) groups is 4. The normalized spacial score (nSPS) is 19.5.